The van der Waals surface area contributed by atoms with Crippen molar-refractivity contribution in [2.75, 3.05) is 0 Å². The number of halogens is 2. The van der Waals surface area contributed by atoms with Crippen molar-refractivity contribution >= 4 is 5.91 Å². The summed E-state index contributed by atoms with van der Waals surface area (Å²) in [5.41, 5.74) is 4.18. The molecule has 0 saturated heterocycles. The van der Waals surface area contributed by atoms with Crippen LogP contribution in [0.5, 0.6) is 0 Å². The second-order valence-corrected chi connectivity index (χ2v) is 2.94. The lowest BCUT2D eigenvalue weighted by Gasteiger charge is -2.15. The number of aliphatic hydroxyl groups is 2. The van der Waals surface area contributed by atoms with Gasteiger partial charge in [-0.25, -0.2) is 8.78 Å². The zero-order chi connectivity index (χ0) is 11.6. The molecule has 0 heterocycles. The van der Waals surface area contributed by atoms with E-state index >= 15 is 0 Å². The van der Waals surface area contributed by atoms with Gasteiger partial charge in [0.05, 0.1) is 0 Å². The highest BCUT2D eigenvalue weighted by Crippen LogP contribution is 2.21. The van der Waals surface area contributed by atoms with Crippen molar-refractivity contribution in [2.24, 2.45) is 5.73 Å². The zero-order valence-electron chi connectivity index (χ0n) is 7.52. The van der Waals surface area contributed by atoms with Crippen molar-refractivity contribution in [3.05, 3.63) is 35.4 Å². The van der Waals surface area contributed by atoms with Crippen LogP contribution in [0.2, 0.25) is 0 Å². The molecule has 2 unspecified atom stereocenters. The van der Waals surface area contributed by atoms with Gasteiger partial charge in [0.15, 0.2) is 17.7 Å². The first-order valence-corrected chi connectivity index (χ1v) is 4.04. The Labute approximate surface area is 83.9 Å². The summed E-state index contributed by atoms with van der Waals surface area (Å²) in [6.07, 6.45) is -3.85. The molecule has 0 aliphatic heterocycles. The molecule has 4 N–H and O–H groups in total. The third kappa shape index (κ3) is 2.28. The van der Waals surface area contributed by atoms with E-state index in [-0.39, 0.29) is 0 Å². The summed E-state index contributed by atoms with van der Waals surface area (Å²) in [6, 6.07) is 3.04. The lowest BCUT2D eigenvalue weighted by atomic mass is 10.0. The third-order valence-electron chi connectivity index (χ3n) is 1.89. The summed E-state index contributed by atoms with van der Waals surface area (Å²) in [5.74, 6) is -3.71. The maximum absolute atomic E-state index is 13.1. The number of rotatable bonds is 3. The van der Waals surface area contributed by atoms with Gasteiger partial charge in [-0.3, -0.25) is 4.79 Å². The first-order valence-electron chi connectivity index (χ1n) is 4.04. The van der Waals surface area contributed by atoms with E-state index in [2.05, 4.69) is 0 Å². The monoisotopic (exact) mass is 217 g/mol. The van der Waals surface area contributed by atoms with Crippen molar-refractivity contribution < 1.29 is 23.8 Å². The number of primary amides is 1. The van der Waals surface area contributed by atoms with E-state index < -0.39 is 35.3 Å². The molecule has 2 atom stereocenters. The average Bonchev–Trinajstić information content (AvgIpc) is 2.20. The van der Waals surface area contributed by atoms with Crippen LogP contribution in [0.4, 0.5) is 8.78 Å². The highest BCUT2D eigenvalue weighted by molar-refractivity contribution is 5.79. The molecule has 1 aromatic rings. The summed E-state index contributed by atoms with van der Waals surface area (Å²) in [4.78, 5) is 10.5. The summed E-state index contributed by atoms with van der Waals surface area (Å²) < 4.78 is 25.8. The third-order valence-corrected chi connectivity index (χ3v) is 1.89. The van der Waals surface area contributed by atoms with E-state index in [0.29, 0.717) is 0 Å². The number of carbonyl (C=O) groups excluding carboxylic acids is 1. The van der Waals surface area contributed by atoms with Crippen LogP contribution >= 0.6 is 0 Å². The Bertz CT molecular complexity index is 384. The normalized spacial score (nSPS) is 14.7. The maximum atomic E-state index is 13.1. The summed E-state index contributed by atoms with van der Waals surface area (Å²) in [5, 5.41) is 18.4. The molecule has 1 rings (SSSR count). The minimum atomic E-state index is -1.97. The van der Waals surface area contributed by atoms with E-state index in [0.717, 1.165) is 18.2 Å². The van der Waals surface area contributed by atoms with E-state index in [4.69, 9.17) is 10.8 Å². The van der Waals surface area contributed by atoms with Crippen LogP contribution in [0, 0.1) is 11.6 Å². The maximum Gasteiger partial charge on any atom is 0.249 e. The van der Waals surface area contributed by atoms with Gasteiger partial charge in [0.25, 0.3) is 0 Å². The Hall–Kier alpha value is -1.53. The highest BCUT2D eigenvalue weighted by Gasteiger charge is 2.26. The molecule has 0 saturated carbocycles. The number of benzene rings is 1. The van der Waals surface area contributed by atoms with Gasteiger partial charge < -0.3 is 15.9 Å². The standard InChI is InChI=1S/C9H9F2NO3/c10-5-3-1-2-4(6(5)11)7(13)8(14)9(12)15/h1-3,7-8,13-14H,(H2,12,15). The quantitative estimate of drug-likeness (QED) is 0.658. The molecule has 1 aromatic carbocycles. The molecule has 0 radical (unpaired) electrons. The predicted molar refractivity (Wildman–Crippen MR) is 46.5 cm³/mol. The molecular weight excluding hydrogens is 208 g/mol. The molecule has 0 aromatic heterocycles. The van der Waals surface area contributed by atoms with E-state index in [1.807, 2.05) is 0 Å². The van der Waals surface area contributed by atoms with Gasteiger partial charge in [0.2, 0.25) is 5.91 Å². The second-order valence-electron chi connectivity index (χ2n) is 2.94. The number of amides is 1. The summed E-state index contributed by atoms with van der Waals surface area (Å²) >= 11 is 0. The molecule has 0 bridgehead atoms. The fourth-order valence-corrected chi connectivity index (χ4v) is 1.07. The number of hydrogen-bond donors (Lipinski definition) is 3. The molecule has 0 fully saturated rings. The van der Waals surface area contributed by atoms with Crippen molar-refractivity contribution in [2.45, 2.75) is 12.2 Å². The van der Waals surface area contributed by atoms with Gasteiger partial charge in [0.1, 0.15) is 6.10 Å². The first-order chi connectivity index (χ1) is 6.95. The molecule has 0 aliphatic rings. The van der Waals surface area contributed by atoms with Gasteiger partial charge in [-0.1, -0.05) is 12.1 Å². The summed E-state index contributed by atoms with van der Waals surface area (Å²) in [7, 11) is 0. The van der Waals surface area contributed by atoms with E-state index in [1.54, 1.807) is 0 Å². The number of carbonyl (C=O) groups is 1. The molecule has 1 amide bonds. The van der Waals surface area contributed by atoms with E-state index in [1.165, 1.54) is 0 Å². The lowest BCUT2D eigenvalue weighted by molar-refractivity contribution is -0.132. The van der Waals surface area contributed by atoms with Gasteiger partial charge in [-0.15, -0.1) is 0 Å². The Kier molecular flexibility index (Phi) is 3.33. The van der Waals surface area contributed by atoms with Crippen LogP contribution in [0.3, 0.4) is 0 Å². The lowest BCUT2D eigenvalue weighted by Crippen LogP contribution is -2.34. The van der Waals surface area contributed by atoms with Crippen molar-refractivity contribution in [3.8, 4) is 0 Å². The topological polar surface area (TPSA) is 83.6 Å². The van der Waals surface area contributed by atoms with Gasteiger partial charge in [0, 0.05) is 5.56 Å². The van der Waals surface area contributed by atoms with Gasteiger partial charge >= 0.3 is 0 Å². The zero-order valence-corrected chi connectivity index (χ0v) is 7.52. The highest BCUT2D eigenvalue weighted by atomic mass is 19.2. The Morgan fingerprint density at radius 2 is 1.93 bits per heavy atom. The van der Waals surface area contributed by atoms with Crippen molar-refractivity contribution in [3.63, 3.8) is 0 Å². The van der Waals surface area contributed by atoms with Gasteiger partial charge in [-0.2, -0.15) is 0 Å². The Balaban J connectivity index is 3.06. The van der Waals surface area contributed by atoms with Crippen LogP contribution in [-0.4, -0.2) is 22.2 Å². The number of nitrogens with two attached hydrogens (primary N) is 1. The summed E-state index contributed by atoms with van der Waals surface area (Å²) in [6.45, 7) is 0. The van der Waals surface area contributed by atoms with Gasteiger partial charge in [-0.05, 0) is 6.07 Å². The molecular formula is C9H9F2NO3. The van der Waals surface area contributed by atoms with Crippen molar-refractivity contribution in [1.82, 2.24) is 0 Å². The smallest absolute Gasteiger partial charge is 0.249 e. The molecule has 0 aliphatic carbocycles. The van der Waals surface area contributed by atoms with Crippen LogP contribution in [-0.2, 0) is 4.79 Å². The molecule has 4 nitrogen and oxygen atoms in total. The fraction of sp³-hybridized carbons (Fsp3) is 0.222. The first kappa shape index (κ1) is 11.5. The van der Waals surface area contributed by atoms with Crippen molar-refractivity contribution in [1.29, 1.82) is 0 Å². The minimum Gasteiger partial charge on any atom is -0.385 e. The second kappa shape index (κ2) is 4.33. The largest absolute Gasteiger partial charge is 0.385 e. The van der Waals surface area contributed by atoms with Crippen LogP contribution < -0.4 is 5.73 Å². The Morgan fingerprint density at radius 3 is 2.47 bits per heavy atom. The number of aliphatic hydroxyl groups excluding tert-OH is 2. The Morgan fingerprint density at radius 1 is 1.33 bits per heavy atom. The minimum absolute atomic E-state index is 0.513. The molecule has 0 spiro atoms. The number of hydrogen-bond acceptors (Lipinski definition) is 3. The molecule has 15 heavy (non-hydrogen) atoms. The molecule has 82 valence electrons. The predicted octanol–water partition coefficient (Wildman–Crippen LogP) is -0.156. The van der Waals surface area contributed by atoms with E-state index in [9.17, 15) is 18.7 Å². The average molecular weight is 217 g/mol. The SMILES string of the molecule is NC(=O)C(O)C(O)c1cccc(F)c1F. The van der Waals surface area contributed by atoms with Crippen LogP contribution in [0.1, 0.15) is 11.7 Å². The fourth-order valence-electron chi connectivity index (χ4n) is 1.07. The van der Waals surface area contributed by atoms with Crippen LogP contribution in [0.25, 0.3) is 0 Å². The molecule has 6 heteroatoms. The van der Waals surface area contributed by atoms with Crippen LogP contribution in [0.15, 0.2) is 18.2 Å².